The van der Waals surface area contributed by atoms with Crippen molar-refractivity contribution < 1.29 is 0 Å². The van der Waals surface area contributed by atoms with Crippen molar-refractivity contribution in [2.75, 3.05) is 5.33 Å². The smallest absolute Gasteiger partial charge is 0.0666 e. The van der Waals surface area contributed by atoms with Gasteiger partial charge in [0.15, 0.2) is 0 Å². The van der Waals surface area contributed by atoms with Gasteiger partial charge in [0.25, 0.3) is 0 Å². The summed E-state index contributed by atoms with van der Waals surface area (Å²) >= 11 is 9.03. The van der Waals surface area contributed by atoms with Gasteiger partial charge in [-0.25, -0.2) is 0 Å². The monoisotopic (exact) mass is 287 g/mol. The van der Waals surface area contributed by atoms with Crippen LogP contribution in [0.5, 0.6) is 0 Å². The van der Waals surface area contributed by atoms with E-state index in [9.17, 15) is 0 Å². The summed E-state index contributed by atoms with van der Waals surface area (Å²) < 4.78 is 0. The largest absolute Gasteiger partial charge is 0.198 e. The molecule has 0 aromatic carbocycles. The van der Waals surface area contributed by atoms with E-state index in [0.29, 0.717) is 6.42 Å². The van der Waals surface area contributed by atoms with Crippen LogP contribution in [-0.2, 0) is 0 Å². The fourth-order valence-electron chi connectivity index (χ4n) is 0.955. The molecular formula is C12H15BrClN. The number of alkyl halides is 1. The second-order valence-corrected chi connectivity index (χ2v) is 3.81. The maximum atomic E-state index is 8.54. The van der Waals surface area contributed by atoms with Crippen LogP contribution in [-0.4, -0.2) is 5.33 Å². The first-order chi connectivity index (χ1) is 7.28. The molecule has 0 fully saturated rings. The summed E-state index contributed by atoms with van der Waals surface area (Å²) in [6.45, 7) is 2.10. The molecule has 0 unspecified atom stereocenters. The minimum absolute atomic E-state index is 0.396. The minimum Gasteiger partial charge on any atom is -0.198 e. The van der Waals surface area contributed by atoms with Crippen LogP contribution in [0.1, 0.15) is 26.2 Å². The van der Waals surface area contributed by atoms with Gasteiger partial charge in [-0.05, 0) is 24.0 Å². The van der Waals surface area contributed by atoms with Crippen molar-refractivity contribution in [3.8, 4) is 6.07 Å². The van der Waals surface area contributed by atoms with E-state index in [0.717, 1.165) is 23.7 Å². The molecule has 0 bridgehead atoms. The van der Waals surface area contributed by atoms with E-state index in [4.69, 9.17) is 16.9 Å². The lowest BCUT2D eigenvalue weighted by Gasteiger charge is -1.99. The lowest BCUT2D eigenvalue weighted by molar-refractivity contribution is 1.11. The Labute approximate surface area is 105 Å². The normalized spacial score (nSPS) is 13.2. The predicted octanol–water partition coefficient (Wildman–Crippen LogP) is 4.70. The van der Waals surface area contributed by atoms with Gasteiger partial charge in [-0.1, -0.05) is 52.7 Å². The summed E-state index contributed by atoms with van der Waals surface area (Å²) in [5.74, 6) is 0. The molecule has 3 heteroatoms. The maximum absolute atomic E-state index is 8.54. The molecule has 0 aromatic rings. The van der Waals surface area contributed by atoms with Gasteiger partial charge in [-0.15, -0.1) is 0 Å². The van der Waals surface area contributed by atoms with Crippen molar-refractivity contribution >= 4 is 27.5 Å². The quantitative estimate of drug-likeness (QED) is 0.513. The zero-order valence-electron chi connectivity index (χ0n) is 8.84. The number of hydrogen-bond donors (Lipinski definition) is 0. The van der Waals surface area contributed by atoms with Gasteiger partial charge in [-0.3, -0.25) is 0 Å². The van der Waals surface area contributed by atoms with Crippen LogP contribution < -0.4 is 0 Å². The molecule has 0 aliphatic carbocycles. The Balaban J connectivity index is 4.33. The third-order valence-electron chi connectivity index (χ3n) is 1.81. The summed E-state index contributed by atoms with van der Waals surface area (Å²) in [6.07, 6.45) is 8.46. The zero-order valence-corrected chi connectivity index (χ0v) is 11.2. The van der Waals surface area contributed by atoms with E-state index in [1.165, 1.54) is 11.1 Å². The predicted molar refractivity (Wildman–Crippen MR) is 70.1 cm³/mol. The van der Waals surface area contributed by atoms with Crippen molar-refractivity contribution in [1.82, 2.24) is 0 Å². The first-order valence-corrected chi connectivity index (χ1v) is 6.40. The molecule has 15 heavy (non-hydrogen) atoms. The van der Waals surface area contributed by atoms with Crippen LogP contribution in [0.2, 0.25) is 0 Å². The average molecular weight is 289 g/mol. The molecule has 0 radical (unpaired) electrons. The third kappa shape index (κ3) is 7.41. The van der Waals surface area contributed by atoms with Gasteiger partial charge < -0.3 is 0 Å². The Kier molecular flexibility index (Phi) is 9.67. The first-order valence-electron chi connectivity index (χ1n) is 4.85. The highest BCUT2D eigenvalue weighted by Crippen LogP contribution is 2.12. The van der Waals surface area contributed by atoms with Crippen molar-refractivity contribution in [2.24, 2.45) is 0 Å². The summed E-state index contributed by atoms with van der Waals surface area (Å²) in [7, 11) is 0. The van der Waals surface area contributed by atoms with Gasteiger partial charge in [-0.2, -0.15) is 5.26 Å². The molecule has 1 nitrogen and oxygen atoms in total. The molecule has 0 aliphatic rings. The second kappa shape index (κ2) is 10.0. The third-order valence-corrected chi connectivity index (χ3v) is 2.76. The van der Waals surface area contributed by atoms with Crippen LogP contribution in [0.25, 0.3) is 0 Å². The second-order valence-electron chi connectivity index (χ2n) is 3.03. The van der Waals surface area contributed by atoms with Crippen LogP contribution in [0.4, 0.5) is 0 Å². The van der Waals surface area contributed by atoms with E-state index in [-0.39, 0.29) is 0 Å². The van der Waals surface area contributed by atoms with E-state index >= 15 is 0 Å². The summed E-state index contributed by atoms with van der Waals surface area (Å²) in [6, 6.07) is 2.09. The Morgan fingerprint density at radius 3 is 2.73 bits per heavy atom. The van der Waals surface area contributed by atoms with E-state index in [1.54, 1.807) is 0 Å². The standard InChI is InChI=1S/C12H15BrClN/c1-2-3-4-11(9-13)5-6-12(10-14)7-8-15/h3-5,10H,2,6-7,9H2,1H3/b4-3-,11-5+,12-10-. The zero-order chi connectivity index (χ0) is 11.5. The highest BCUT2D eigenvalue weighted by atomic mass is 79.9. The molecule has 0 atom stereocenters. The molecule has 0 spiro atoms. The molecule has 0 rings (SSSR count). The fourth-order valence-corrected chi connectivity index (χ4v) is 1.54. The lowest BCUT2D eigenvalue weighted by atomic mass is 10.1. The van der Waals surface area contributed by atoms with Crippen molar-refractivity contribution in [3.05, 3.63) is 34.9 Å². The number of nitriles is 1. The Morgan fingerprint density at radius 1 is 1.53 bits per heavy atom. The minimum atomic E-state index is 0.396. The van der Waals surface area contributed by atoms with Gasteiger partial charge in [0, 0.05) is 10.9 Å². The Morgan fingerprint density at radius 2 is 2.27 bits per heavy atom. The van der Waals surface area contributed by atoms with E-state index in [2.05, 4.69) is 47.2 Å². The van der Waals surface area contributed by atoms with Gasteiger partial charge >= 0.3 is 0 Å². The summed E-state index contributed by atoms with van der Waals surface area (Å²) in [5, 5.41) is 9.36. The van der Waals surface area contributed by atoms with Gasteiger partial charge in [0.2, 0.25) is 0 Å². The van der Waals surface area contributed by atoms with Crippen LogP contribution in [0, 0.1) is 11.3 Å². The number of hydrogen-bond acceptors (Lipinski definition) is 1. The molecular weight excluding hydrogens is 273 g/mol. The molecule has 0 saturated heterocycles. The molecule has 0 saturated carbocycles. The Hall–Kier alpha value is -0.520. The number of allylic oxidation sites excluding steroid dienone is 5. The molecule has 0 aromatic heterocycles. The molecule has 0 heterocycles. The summed E-state index contributed by atoms with van der Waals surface area (Å²) in [5.41, 5.74) is 3.66. The topological polar surface area (TPSA) is 23.8 Å². The van der Waals surface area contributed by atoms with Crippen LogP contribution in [0.15, 0.2) is 34.9 Å². The number of halogens is 2. The van der Waals surface area contributed by atoms with Crippen molar-refractivity contribution in [2.45, 2.75) is 26.2 Å². The Bertz CT molecular complexity index is 297. The lowest BCUT2D eigenvalue weighted by Crippen LogP contribution is -1.83. The maximum Gasteiger partial charge on any atom is 0.0666 e. The van der Waals surface area contributed by atoms with E-state index < -0.39 is 0 Å². The highest BCUT2D eigenvalue weighted by Gasteiger charge is 1.95. The molecule has 0 amide bonds. The molecule has 0 N–H and O–H groups in total. The average Bonchev–Trinajstić information content (AvgIpc) is 2.27. The summed E-state index contributed by atoms with van der Waals surface area (Å²) in [4.78, 5) is 0. The molecule has 0 aliphatic heterocycles. The van der Waals surface area contributed by atoms with Crippen LogP contribution in [0.3, 0.4) is 0 Å². The van der Waals surface area contributed by atoms with E-state index in [1.807, 2.05) is 0 Å². The molecule has 82 valence electrons. The van der Waals surface area contributed by atoms with Gasteiger partial charge in [0.05, 0.1) is 12.5 Å². The van der Waals surface area contributed by atoms with Crippen molar-refractivity contribution in [1.29, 1.82) is 5.26 Å². The number of rotatable bonds is 6. The number of nitrogens with zero attached hydrogens (tertiary/aromatic N) is 1. The van der Waals surface area contributed by atoms with Gasteiger partial charge in [0.1, 0.15) is 0 Å². The SMILES string of the molecule is CC/C=C\C(=C/C/C(=C/Cl)CC#N)CBr. The first kappa shape index (κ1) is 14.5. The highest BCUT2D eigenvalue weighted by molar-refractivity contribution is 9.09. The van der Waals surface area contributed by atoms with Crippen LogP contribution >= 0.6 is 27.5 Å². The van der Waals surface area contributed by atoms with Crippen molar-refractivity contribution in [3.63, 3.8) is 0 Å². The fraction of sp³-hybridized carbons (Fsp3) is 0.417.